The number of hydrogen-bond donors (Lipinski definition) is 3. The Kier molecular flexibility index (Phi) is 4.34. The van der Waals surface area contributed by atoms with Crippen molar-refractivity contribution in [2.45, 2.75) is 37.4 Å². The van der Waals surface area contributed by atoms with Gasteiger partial charge in [-0.1, -0.05) is 0 Å². The largest absolute Gasteiger partial charge is 0.423 e. The zero-order chi connectivity index (χ0) is 16.6. The van der Waals surface area contributed by atoms with Crippen molar-refractivity contribution in [3.63, 3.8) is 0 Å². The van der Waals surface area contributed by atoms with Gasteiger partial charge in [-0.2, -0.15) is 0 Å². The summed E-state index contributed by atoms with van der Waals surface area (Å²) in [4.78, 5) is 11.3. The first-order valence-corrected chi connectivity index (χ1v) is 7.37. The summed E-state index contributed by atoms with van der Waals surface area (Å²) >= 11 is 0. The Morgan fingerprint density at radius 2 is 1.96 bits per heavy atom. The van der Waals surface area contributed by atoms with Crippen molar-refractivity contribution in [1.29, 1.82) is 0 Å². The molecule has 0 saturated carbocycles. The molecule has 0 spiro atoms. The second-order valence-electron chi connectivity index (χ2n) is 5.69. The van der Waals surface area contributed by atoms with Gasteiger partial charge in [-0.25, -0.2) is 9.18 Å². The molecule has 7 heteroatoms. The summed E-state index contributed by atoms with van der Waals surface area (Å²) in [5.74, 6) is 0. The fourth-order valence-corrected chi connectivity index (χ4v) is 2.82. The lowest BCUT2D eigenvalue weighted by atomic mass is 9.93. The van der Waals surface area contributed by atoms with Crippen LogP contribution >= 0.6 is 0 Å². The van der Waals surface area contributed by atoms with Crippen molar-refractivity contribution < 1.29 is 23.8 Å². The molecule has 5 atom stereocenters. The molecule has 124 valence electrons. The van der Waals surface area contributed by atoms with E-state index >= 15 is 0 Å². The van der Waals surface area contributed by atoms with Gasteiger partial charge in [-0.05, 0) is 25.1 Å². The number of alkyl halides is 1. The maximum Gasteiger partial charge on any atom is 0.336 e. The van der Waals surface area contributed by atoms with E-state index in [0.29, 0.717) is 11.3 Å². The van der Waals surface area contributed by atoms with Gasteiger partial charge in [0.25, 0.3) is 0 Å². The molecule has 1 aliphatic heterocycles. The van der Waals surface area contributed by atoms with E-state index in [0.717, 1.165) is 5.39 Å². The third-order valence-corrected chi connectivity index (χ3v) is 4.10. The summed E-state index contributed by atoms with van der Waals surface area (Å²) < 4.78 is 23.3. The Morgan fingerprint density at radius 3 is 2.70 bits per heavy atom. The van der Waals surface area contributed by atoms with Crippen LogP contribution in [0.25, 0.3) is 11.0 Å². The predicted octanol–water partition coefficient (Wildman–Crippen LogP) is 1.05. The first kappa shape index (κ1) is 15.9. The summed E-state index contributed by atoms with van der Waals surface area (Å²) in [6, 6.07) is 7.52. The Labute approximate surface area is 131 Å². The molecule has 1 aromatic heterocycles. The molecule has 1 fully saturated rings. The monoisotopic (exact) mass is 323 g/mol. The molecular formula is C16H18FNO5. The fraction of sp³-hybridized carbons (Fsp3) is 0.438. The average molecular weight is 323 g/mol. The highest BCUT2D eigenvalue weighted by atomic mass is 19.1. The maximum absolute atomic E-state index is 12.8. The molecule has 23 heavy (non-hydrogen) atoms. The van der Waals surface area contributed by atoms with Gasteiger partial charge < -0.3 is 24.7 Å². The molecule has 1 saturated heterocycles. The highest BCUT2D eigenvalue weighted by Gasteiger charge is 2.42. The SMILES string of the molecule is CC1OC(CF)C(O)C(O)C1Nc1ccc2ccc(=O)oc2c1. The van der Waals surface area contributed by atoms with Gasteiger partial charge in [0.1, 0.15) is 30.6 Å². The zero-order valence-corrected chi connectivity index (χ0v) is 12.5. The van der Waals surface area contributed by atoms with E-state index in [1.54, 1.807) is 31.2 Å². The molecule has 1 aliphatic rings. The van der Waals surface area contributed by atoms with Crippen LogP contribution in [-0.2, 0) is 4.74 Å². The summed E-state index contributed by atoms with van der Waals surface area (Å²) in [6.45, 7) is 0.826. The Balaban J connectivity index is 1.84. The van der Waals surface area contributed by atoms with Crippen LogP contribution in [0.3, 0.4) is 0 Å². The molecule has 2 heterocycles. The number of rotatable bonds is 3. The van der Waals surface area contributed by atoms with Crippen LogP contribution in [0.5, 0.6) is 0 Å². The molecule has 0 bridgehead atoms. The van der Waals surface area contributed by atoms with Gasteiger partial charge in [0, 0.05) is 23.2 Å². The van der Waals surface area contributed by atoms with Crippen molar-refractivity contribution in [1.82, 2.24) is 0 Å². The summed E-state index contributed by atoms with van der Waals surface area (Å²) in [7, 11) is 0. The molecule has 0 amide bonds. The molecule has 6 nitrogen and oxygen atoms in total. The van der Waals surface area contributed by atoms with Gasteiger partial charge in [0.2, 0.25) is 0 Å². The van der Waals surface area contributed by atoms with Crippen molar-refractivity contribution in [2.24, 2.45) is 0 Å². The van der Waals surface area contributed by atoms with E-state index in [-0.39, 0.29) is 0 Å². The minimum atomic E-state index is -1.31. The Morgan fingerprint density at radius 1 is 1.22 bits per heavy atom. The number of aliphatic hydroxyl groups is 2. The molecule has 2 aromatic rings. The van der Waals surface area contributed by atoms with Gasteiger partial charge in [-0.3, -0.25) is 0 Å². The second-order valence-corrected chi connectivity index (χ2v) is 5.69. The van der Waals surface area contributed by atoms with Crippen LogP contribution in [0, 0.1) is 0 Å². The van der Waals surface area contributed by atoms with Gasteiger partial charge >= 0.3 is 5.63 Å². The molecule has 5 unspecified atom stereocenters. The molecule has 1 aromatic carbocycles. The van der Waals surface area contributed by atoms with Gasteiger partial charge in [0.05, 0.1) is 12.1 Å². The number of benzene rings is 1. The lowest BCUT2D eigenvalue weighted by Gasteiger charge is -2.41. The highest BCUT2D eigenvalue weighted by Crippen LogP contribution is 2.26. The van der Waals surface area contributed by atoms with Crippen molar-refractivity contribution in [3.05, 3.63) is 40.8 Å². The first-order valence-electron chi connectivity index (χ1n) is 7.37. The van der Waals surface area contributed by atoms with Crippen LogP contribution < -0.4 is 10.9 Å². The number of ether oxygens (including phenoxy) is 1. The van der Waals surface area contributed by atoms with Crippen LogP contribution in [-0.4, -0.2) is 47.3 Å². The van der Waals surface area contributed by atoms with Gasteiger partial charge in [-0.15, -0.1) is 0 Å². The van der Waals surface area contributed by atoms with Crippen molar-refractivity contribution in [3.8, 4) is 0 Å². The average Bonchev–Trinajstić information content (AvgIpc) is 2.54. The number of halogens is 1. The zero-order valence-electron chi connectivity index (χ0n) is 12.5. The molecular weight excluding hydrogens is 305 g/mol. The molecule has 3 N–H and O–H groups in total. The second kappa shape index (κ2) is 6.27. The first-order chi connectivity index (χ1) is 11.0. The standard InChI is InChI=1S/C16H18FNO5/c1-8-14(16(21)15(20)12(7-17)22-8)18-10-4-2-9-3-5-13(19)23-11(9)6-10/h2-6,8,12,14-16,18,20-21H,7H2,1H3. The van der Waals surface area contributed by atoms with Crippen molar-refractivity contribution in [2.75, 3.05) is 12.0 Å². The van der Waals surface area contributed by atoms with E-state index in [1.807, 2.05) is 0 Å². The minimum absolute atomic E-state index is 0.406. The van der Waals surface area contributed by atoms with Crippen LogP contribution in [0.2, 0.25) is 0 Å². The molecule has 0 aliphatic carbocycles. The summed E-state index contributed by atoms with van der Waals surface area (Å²) in [6.07, 6.45) is -4.04. The lowest BCUT2D eigenvalue weighted by Crippen LogP contribution is -2.59. The number of hydrogen-bond acceptors (Lipinski definition) is 6. The number of aliphatic hydroxyl groups excluding tert-OH is 2. The number of fused-ring (bicyclic) bond motifs is 1. The lowest BCUT2D eigenvalue weighted by molar-refractivity contribution is -0.173. The highest BCUT2D eigenvalue weighted by molar-refractivity contribution is 5.80. The molecule has 3 rings (SSSR count). The Bertz CT molecular complexity index is 749. The van der Waals surface area contributed by atoms with E-state index in [9.17, 15) is 19.4 Å². The van der Waals surface area contributed by atoms with E-state index < -0.39 is 42.8 Å². The summed E-state index contributed by atoms with van der Waals surface area (Å²) in [5.41, 5.74) is 0.547. The molecule has 0 radical (unpaired) electrons. The topological polar surface area (TPSA) is 91.9 Å². The quantitative estimate of drug-likeness (QED) is 0.732. The third-order valence-electron chi connectivity index (χ3n) is 4.10. The maximum atomic E-state index is 12.8. The van der Waals surface area contributed by atoms with E-state index in [2.05, 4.69) is 5.32 Å². The number of nitrogens with one attached hydrogen (secondary N) is 1. The van der Waals surface area contributed by atoms with Crippen LogP contribution in [0.4, 0.5) is 10.1 Å². The minimum Gasteiger partial charge on any atom is -0.423 e. The number of anilines is 1. The smallest absolute Gasteiger partial charge is 0.336 e. The Hall–Kier alpha value is -1.96. The van der Waals surface area contributed by atoms with E-state index in [1.165, 1.54) is 6.07 Å². The van der Waals surface area contributed by atoms with Crippen molar-refractivity contribution >= 4 is 16.7 Å². The fourth-order valence-electron chi connectivity index (χ4n) is 2.82. The predicted molar refractivity (Wildman–Crippen MR) is 82.2 cm³/mol. The normalized spacial score (nSPS) is 31.2. The van der Waals surface area contributed by atoms with E-state index in [4.69, 9.17) is 9.15 Å². The van der Waals surface area contributed by atoms with Crippen LogP contribution in [0.15, 0.2) is 39.5 Å². The van der Waals surface area contributed by atoms with Crippen LogP contribution in [0.1, 0.15) is 6.92 Å². The summed E-state index contributed by atoms with van der Waals surface area (Å²) in [5, 5.41) is 23.9. The third kappa shape index (κ3) is 3.08. The van der Waals surface area contributed by atoms with Gasteiger partial charge in [0.15, 0.2) is 0 Å².